The third kappa shape index (κ3) is 2.42. The lowest BCUT2D eigenvalue weighted by molar-refractivity contribution is 0.0673. The quantitative estimate of drug-likeness (QED) is 0.821. The first-order valence-corrected chi connectivity index (χ1v) is 5.90. The molecule has 0 saturated carbocycles. The topological polar surface area (TPSA) is 32.3 Å². The van der Waals surface area contributed by atoms with E-state index in [1.54, 1.807) is 12.1 Å². The minimum Gasteiger partial charge on any atom is -0.387 e. The van der Waals surface area contributed by atoms with Crippen molar-refractivity contribution in [3.05, 3.63) is 35.6 Å². The standard InChI is InChI=1S/C13H18FNO/c1-2-4-11-8-12(15-11)13(16)9-5-3-6-10(14)7-9/h3,5-7,11-13,15-16H,2,4,8H2,1H3/t11-,12-,13+/m0/s1. The maximum Gasteiger partial charge on any atom is 0.123 e. The van der Waals surface area contributed by atoms with Gasteiger partial charge in [0.05, 0.1) is 6.10 Å². The van der Waals surface area contributed by atoms with Crippen LogP contribution >= 0.6 is 0 Å². The van der Waals surface area contributed by atoms with Crippen molar-refractivity contribution >= 4 is 0 Å². The first-order valence-electron chi connectivity index (χ1n) is 5.90. The molecule has 0 aromatic heterocycles. The Morgan fingerprint density at radius 1 is 1.56 bits per heavy atom. The third-order valence-electron chi connectivity index (χ3n) is 3.20. The minimum atomic E-state index is -0.594. The van der Waals surface area contributed by atoms with Crippen molar-refractivity contribution in [2.24, 2.45) is 0 Å². The highest BCUT2D eigenvalue weighted by molar-refractivity contribution is 5.21. The molecule has 0 amide bonds. The van der Waals surface area contributed by atoms with Crippen LogP contribution in [-0.2, 0) is 0 Å². The van der Waals surface area contributed by atoms with Crippen LogP contribution in [0.4, 0.5) is 4.39 Å². The summed E-state index contributed by atoms with van der Waals surface area (Å²) in [6.45, 7) is 2.15. The number of aliphatic hydroxyl groups excluding tert-OH is 1. The second kappa shape index (κ2) is 4.93. The van der Waals surface area contributed by atoms with Crippen molar-refractivity contribution in [3.8, 4) is 0 Å². The lowest BCUT2D eigenvalue weighted by Gasteiger charge is -2.40. The molecule has 0 spiro atoms. The molecule has 2 rings (SSSR count). The Hall–Kier alpha value is -0.930. The Labute approximate surface area is 95.5 Å². The molecule has 1 aromatic carbocycles. The van der Waals surface area contributed by atoms with Gasteiger partial charge in [0.1, 0.15) is 5.82 Å². The van der Waals surface area contributed by atoms with Gasteiger partial charge in [0, 0.05) is 12.1 Å². The number of benzene rings is 1. The molecule has 1 heterocycles. The van der Waals surface area contributed by atoms with Crippen LogP contribution in [0.5, 0.6) is 0 Å². The van der Waals surface area contributed by atoms with Crippen LogP contribution in [-0.4, -0.2) is 17.2 Å². The normalized spacial score (nSPS) is 26.2. The summed E-state index contributed by atoms with van der Waals surface area (Å²) in [6, 6.07) is 6.80. The van der Waals surface area contributed by atoms with E-state index in [0.29, 0.717) is 11.6 Å². The zero-order chi connectivity index (χ0) is 11.5. The molecule has 1 saturated heterocycles. The summed E-state index contributed by atoms with van der Waals surface area (Å²) in [7, 11) is 0. The summed E-state index contributed by atoms with van der Waals surface area (Å²) in [6.07, 6.45) is 2.68. The van der Waals surface area contributed by atoms with Gasteiger partial charge in [-0.25, -0.2) is 4.39 Å². The fraction of sp³-hybridized carbons (Fsp3) is 0.538. The fourth-order valence-corrected chi connectivity index (χ4v) is 2.28. The molecule has 0 bridgehead atoms. The van der Waals surface area contributed by atoms with E-state index in [0.717, 1.165) is 19.3 Å². The summed E-state index contributed by atoms with van der Waals surface area (Å²) in [5.74, 6) is -0.291. The summed E-state index contributed by atoms with van der Waals surface area (Å²) >= 11 is 0. The Kier molecular flexibility index (Phi) is 3.56. The highest BCUT2D eigenvalue weighted by Gasteiger charge is 2.33. The minimum absolute atomic E-state index is 0.0818. The molecule has 3 heteroatoms. The first kappa shape index (κ1) is 11.6. The van der Waals surface area contributed by atoms with Crippen LogP contribution in [0.25, 0.3) is 0 Å². The molecule has 16 heavy (non-hydrogen) atoms. The van der Waals surface area contributed by atoms with E-state index in [-0.39, 0.29) is 11.9 Å². The number of rotatable bonds is 4. The molecule has 0 aliphatic carbocycles. The van der Waals surface area contributed by atoms with Crippen LogP contribution < -0.4 is 5.32 Å². The smallest absolute Gasteiger partial charge is 0.123 e. The van der Waals surface area contributed by atoms with Crippen molar-refractivity contribution in [1.82, 2.24) is 5.32 Å². The van der Waals surface area contributed by atoms with Gasteiger partial charge in [-0.15, -0.1) is 0 Å². The lowest BCUT2D eigenvalue weighted by Crippen LogP contribution is -2.55. The van der Waals surface area contributed by atoms with Crippen molar-refractivity contribution in [2.45, 2.75) is 44.4 Å². The summed E-state index contributed by atoms with van der Waals surface area (Å²) < 4.78 is 13.0. The van der Waals surface area contributed by atoms with Gasteiger partial charge in [-0.05, 0) is 30.5 Å². The highest BCUT2D eigenvalue weighted by Crippen LogP contribution is 2.28. The number of halogens is 1. The van der Waals surface area contributed by atoms with Crippen molar-refractivity contribution < 1.29 is 9.50 Å². The van der Waals surface area contributed by atoms with Gasteiger partial charge in [0.15, 0.2) is 0 Å². The molecule has 0 unspecified atom stereocenters. The van der Waals surface area contributed by atoms with Crippen LogP contribution in [0.1, 0.15) is 37.9 Å². The predicted molar refractivity (Wildman–Crippen MR) is 61.6 cm³/mol. The Bertz CT molecular complexity index is 350. The third-order valence-corrected chi connectivity index (χ3v) is 3.20. The summed E-state index contributed by atoms with van der Waals surface area (Å²) in [4.78, 5) is 0. The largest absolute Gasteiger partial charge is 0.387 e. The van der Waals surface area contributed by atoms with Gasteiger partial charge < -0.3 is 10.4 Å². The van der Waals surface area contributed by atoms with E-state index >= 15 is 0 Å². The lowest BCUT2D eigenvalue weighted by atomic mass is 9.87. The molecule has 2 nitrogen and oxygen atoms in total. The van der Waals surface area contributed by atoms with Gasteiger partial charge in [-0.1, -0.05) is 25.5 Å². The van der Waals surface area contributed by atoms with E-state index in [1.165, 1.54) is 12.1 Å². The predicted octanol–water partition coefficient (Wildman–Crippen LogP) is 2.39. The fourth-order valence-electron chi connectivity index (χ4n) is 2.28. The molecule has 3 atom stereocenters. The highest BCUT2D eigenvalue weighted by atomic mass is 19.1. The monoisotopic (exact) mass is 223 g/mol. The first-order chi connectivity index (χ1) is 7.70. The van der Waals surface area contributed by atoms with Crippen LogP contribution in [0.15, 0.2) is 24.3 Å². The van der Waals surface area contributed by atoms with E-state index in [2.05, 4.69) is 12.2 Å². The van der Waals surface area contributed by atoms with Gasteiger partial charge in [0.25, 0.3) is 0 Å². The van der Waals surface area contributed by atoms with Gasteiger partial charge >= 0.3 is 0 Å². The van der Waals surface area contributed by atoms with E-state index in [4.69, 9.17) is 0 Å². The van der Waals surface area contributed by atoms with E-state index in [1.807, 2.05) is 0 Å². The number of nitrogens with one attached hydrogen (secondary N) is 1. The van der Waals surface area contributed by atoms with E-state index in [9.17, 15) is 9.50 Å². The molecule has 1 aliphatic heterocycles. The molecular formula is C13H18FNO. The van der Waals surface area contributed by atoms with Crippen molar-refractivity contribution in [1.29, 1.82) is 0 Å². The molecular weight excluding hydrogens is 205 g/mol. The average Bonchev–Trinajstić information content (AvgIpc) is 2.22. The van der Waals surface area contributed by atoms with Crippen molar-refractivity contribution in [2.75, 3.05) is 0 Å². The number of aliphatic hydroxyl groups is 1. The molecule has 1 aliphatic rings. The van der Waals surface area contributed by atoms with Crippen LogP contribution in [0.3, 0.4) is 0 Å². The molecule has 1 fully saturated rings. The SMILES string of the molecule is CCC[C@H]1C[C@@H]([C@H](O)c2cccc(F)c2)N1. The zero-order valence-electron chi connectivity index (χ0n) is 9.49. The van der Waals surface area contributed by atoms with Crippen LogP contribution in [0.2, 0.25) is 0 Å². The maximum absolute atomic E-state index is 13.0. The summed E-state index contributed by atoms with van der Waals surface area (Å²) in [5, 5.41) is 13.3. The molecule has 1 aromatic rings. The Balaban J connectivity index is 1.92. The maximum atomic E-state index is 13.0. The second-order valence-electron chi connectivity index (χ2n) is 4.49. The number of hydrogen-bond donors (Lipinski definition) is 2. The second-order valence-corrected chi connectivity index (χ2v) is 4.49. The zero-order valence-corrected chi connectivity index (χ0v) is 9.49. The van der Waals surface area contributed by atoms with E-state index < -0.39 is 6.10 Å². The Morgan fingerprint density at radius 2 is 2.31 bits per heavy atom. The van der Waals surface area contributed by atoms with Gasteiger partial charge in [0.2, 0.25) is 0 Å². The number of hydrogen-bond acceptors (Lipinski definition) is 2. The molecule has 0 radical (unpaired) electrons. The average molecular weight is 223 g/mol. The van der Waals surface area contributed by atoms with Crippen molar-refractivity contribution in [3.63, 3.8) is 0 Å². The molecule has 2 N–H and O–H groups in total. The summed E-state index contributed by atoms with van der Waals surface area (Å²) in [5.41, 5.74) is 0.660. The van der Waals surface area contributed by atoms with Gasteiger partial charge in [-0.2, -0.15) is 0 Å². The Morgan fingerprint density at radius 3 is 2.94 bits per heavy atom. The molecule has 88 valence electrons. The van der Waals surface area contributed by atoms with Crippen LogP contribution in [0, 0.1) is 5.82 Å². The van der Waals surface area contributed by atoms with Gasteiger partial charge in [-0.3, -0.25) is 0 Å².